The van der Waals surface area contributed by atoms with Gasteiger partial charge in [-0.05, 0) is 36.2 Å². The van der Waals surface area contributed by atoms with Gasteiger partial charge in [-0.2, -0.15) is 0 Å². The van der Waals surface area contributed by atoms with Gasteiger partial charge in [-0.15, -0.1) is 0 Å². The molecule has 1 amide bonds. The highest BCUT2D eigenvalue weighted by molar-refractivity contribution is 6.05. The Bertz CT molecular complexity index is 1080. The Balaban J connectivity index is 1.54. The Morgan fingerprint density at radius 3 is 2.05 bits per heavy atom. The molecule has 1 heterocycles. The molecular formula is C33H45N2O3+. The zero-order valence-corrected chi connectivity index (χ0v) is 23.5. The van der Waals surface area contributed by atoms with Crippen molar-refractivity contribution < 1.29 is 18.8 Å². The Labute approximate surface area is 229 Å². The van der Waals surface area contributed by atoms with Crippen molar-refractivity contribution in [2.45, 2.75) is 77.7 Å². The van der Waals surface area contributed by atoms with Gasteiger partial charge in [-0.25, -0.2) is 4.57 Å². The van der Waals surface area contributed by atoms with Crippen molar-refractivity contribution in [3.63, 3.8) is 0 Å². The summed E-state index contributed by atoms with van der Waals surface area (Å²) in [6, 6.07) is 19.4. The topological polar surface area (TPSA) is 42.7 Å². The molecule has 0 aliphatic heterocycles. The first-order valence-electron chi connectivity index (χ1n) is 14.2. The van der Waals surface area contributed by atoms with E-state index in [1.807, 2.05) is 84.7 Å². The van der Waals surface area contributed by atoms with Crippen LogP contribution >= 0.6 is 0 Å². The third-order valence-corrected chi connectivity index (χ3v) is 6.86. The predicted octanol–water partition coefficient (Wildman–Crippen LogP) is 7.67. The maximum absolute atomic E-state index is 13.5. The molecule has 3 aromatic rings. The minimum Gasteiger partial charge on any atom is -0.493 e. The number of ether oxygens (including phenoxy) is 2. The van der Waals surface area contributed by atoms with Gasteiger partial charge in [0.2, 0.25) is 0 Å². The summed E-state index contributed by atoms with van der Waals surface area (Å²) in [4.78, 5) is 15.3. The second-order valence-corrected chi connectivity index (χ2v) is 9.99. The van der Waals surface area contributed by atoms with Gasteiger partial charge in [0.15, 0.2) is 23.9 Å². The van der Waals surface area contributed by atoms with Gasteiger partial charge in [0.25, 0.3) is 5.91 Å². The Hall–Kier alpha value is -3.34. The van der Waals surface area contributed by atoms with Crippen molar-refractivity contribution >= 4 is 11.6 Å². The molecule has 0 aliphatic rings. The SMILES string of the molecule is CCCCCCCCCCCCOc1ccc(CN(C(=O)c2cc[n+](C)cc2)c2ccccc2)cc1OC. The molecule has 0 bridgehead atoms. The van der Waals surface area contributed by atoms with Crippen LogP contribution in [0.1, 0.15) is 87.1 Å². The van der Waals surface area contributed by atoms with Gasteiger partial charge in [-0.3, -0.25) is 4.79 Å². The number of aryl methyl sites for hydroxylation is 1. The summed E-state index contributed by atoms with van der Waals surface area (Å²) in [5.41, 5.74) is 2.48. The summed E-state index contributed by atoms with van der Waals surface area (Å²) in [5.74, 6) is 1.40. The van der Waals surface area contributed by atoms with E-state index >= 15 is 0 Å². The first-order valence-corrected chi connectivity index (χ1v) is 14.2. The number of amides is 1. The molecule has 0 aliphatic carbocycles. The molecule has 0 saturated heterocycles. The van der Waals surface area contributed by atoms with E-state index in [0.29, 0.717) is 24.5 Å². The molecule has 2 aromatic carbocycles. The third kappa shape index (κ3) is 9.51. The standard InChI is InChI=1S/C33H45N2O3/c1-4-5-6-7-8-9-10-11-12-16-25-38-31-20-19-28(26-32(31)37-3)27-35(30-17-14-13-15-18-30)33(36)29-21-23-34(2)24-22-29/h13-15,17-24,26H,4-12,16,25,27H2,1-3H3/q+1. The molecule has 5 heteroatoms. The first kappa shape index (κ1) is 29.2. The first-order chi connectivity index (χ1) is 18.6. The van der Waals surface area contributed by atoms with E-state index in [0.717, 1.165) is 23.4 Å². The maximum Gasteiger partial charge on any atom is 0.259 e. The molecule has 5 nitrogen and oxygen atoms in total. The van der Waals surface area contributed by atoms with Gasteiger partial charge >= 0.3 is 0 Å². The average molecular weight is 518 g/mol. The van der Waals surface area contributed by atoms with Crippen molar-refractivity contribution in [2.75, 3.05) is 18.6 Å². The number of anilines is 1. The number of aromatic nitrogens is 1. The zero-order valence-electron chi connectivity index (χ0n) is 23.5. The molecule has 204 valence electrons. The fourth-order valence-corrected chi connectivity index (χ4v) is 4.57. The predicted molar refractivity (Wildman–Crippen MR) is 155 cm³/mol. The van der Waals surface area contributed by atoms with Crippen molar-refractivity contribution in [3.8, 4) is 11.5 Å². The monoisotopic (exact) mass is 517 g/mol. The molecular weight excluding hydrogens is 472 g/mol. The van der Waals surface area contributed by atoms with E-state index in [2.05, 4.69) is 6.92 Å². The summed E-state index contributed by atoms with van der Waals surface area (Å²) in [5, 5.41) is 0. The third-order valence-electron chi connectivity index (χ3n) is 6.86. The molecule has 0 fully saturated rings. The van der Waals surface area contributed by atoms with E-state index in [9.17, 15) is 4.79 Å². The van der Waals surface area contributed by atoms with Gasteiger partial charge in [0.1, 0.15) is 7.05 Å². The minimum absolute atomic E-state index is 0.0444. The number of benzene rings is 2. The minimum atomic E-state index is -0.0444. The van der Waals surface area contributed by atoms with Gasteiger partial charge in [0, 0.05) is 17.8 Å². The summed E-state index contributed by atoms with van der Waals surface area (Å²) in [6.45, 7) is 3.38. The molecule has 0 saturated carbocycles. The van der Waals surface area contributed by atoms with Crippen molar-refractivity contribution in [3.05, 3.63) is 84.2 Å². The number of pyridine rings is 1. The number of hydrogen-bond acceptors (Lipinski definition) is 3. The van der Waals surface area contributed by atoms with Crippen molar-refractivity contribution in [1.29, 1.82) is 0 Å². The van der Waals surface area contributed by atoms with Gasteiger partial charge < -0.3 is 14.4 Å². The lowest BCUT2D eigenvalue weighted by Gasteiger charge is -2.23. The van der Waals surface area contributed by atoms with E-state index in [1.165, 1.54) is 57.8 Å². The zero-order chi connectivity index (χ0) is 27.0. The Morgan fingerprint density at radius 2 is 1.42 bits per heavy atom. The molecule has 0 unspecified atom stereocenters. The molecule has 1 aromatic heterocycles. The average Bonchev–Trinajstić information content (AvgIpc) is 2.95. The number of para-hydroxylation sites is 1. The lowest BCUT2D eigenvalue weighted by molar-refractivity contribution is -0.671. The lowest BCUT2D eigenvalue weighted by Crippen LogP contribution is -2.32. The number of carbonyl (C=O) groups excluding carboxylic acids is 1. The molecule has 0 radical (unpaired) electrons. The van der Waals surface area contributed by atoms with Crippen LogP contribution in [0.4, 0.5) is 5.69 Å². The van der Waals surface area contributed by atoms with Crippen LogP contribution in [-0.4, -0.2) is 19.6 Å². The molecule has 0 spiro atoms. The Kier molecular flexibility index (Phi) is 12.7. The number of unbranched alkanes of at least 4 members (excludes halogenated alkanes) is 9. The smallest absolute Gasteiger partial charge is 0.259 e. The maximum atomic E-state index is 13.5. The number of methoxy groups -OCH3 is 1. The molecule has 3 rings (SSSR count). The fourth-order valence-electron chi connectivity index (χ4n) is 4.57. The fraction of sp³-hybridized carbons (Fsp3) is 0.455. The molecule has 0 N–H and O–H groups in total. The van der Waals surface area contributed by atoms with Crippen LogP contribution < -0.4 is 18.9 Å². The normalized spacial score (nSPS) is 10.8. The van der Waals surface area contributed by atoms with E-state index in [4.69, 9.17) is 9.47 Å². The van der Waals surface area contributed by atoms with Crippen LogP contribution in [-0.2, 0) is 13.6 Å². The Morgan fingerprint density at radius 1 is 0.789 bits per heavy atom. The highest BCUT2D eigenvalue weighted by Crippen LogP contribution is 2.30. The van der Waals surface area contributed by atoms with Crippen LogP contribution in [0.5, 0.6) is 11.5 Å². The van der Waals surface area contributed by atoms with Crippen LogP contribution in [0.25, 0.3) is 0 Å². The summed E-state index contributed by atoms with van der Waals surface area (Å²) in [7, 11) is 3.60. The second kappa shape index (κ2) is 16.5. The molecule has 0 atom stereocenters. The lowest BCUT2D eigenvalue weighted by atomic mass is 10.1. The van der Waals surface area contributed by atoms with Crippen LogP contribution in [0.2, 0.25) is 0 Å². The highest BCUT2D eigenvalue weighted by Gasteiger charge is 2.20. The number of hydrogen-bond donors (Lipinski definition) is 0. The van der Waals surface area contributed by atoms with E-state index < -0.39 is 0 Å². The summed E-state index contributed by atoms with van der Waals surface area (Å²) < 4.78 is 13.6. The number of nitrogens with zero attached hydrogens (tertiary/aromatic N) is 2. The summed E-state index contributed by atoms with van der Waals surface area (Å²) >= 11 is 0. The van der Waals surface area contributed by atoms with Gasteiger partial charge in [-0.1, -0.05) is 89.0 Å². The van der Waals surface area contributed by atoms with Crippen LogP contribution in [0.15, 0.2) is 73.1 Å². The van der Waals surface area contributed by atoms with E-state index in [-0.39, 0.29) is 5.91 Å². The van der Waals surface area contributed by atoms with Crippen LogP contribution in [0.3, 0.4) is 0 Å². The molecule has 38 heavy (non-hydrogen) atoms. The highest BCUT2D eigenvalue weighted by atomic mass is 16.5. The quantitative estimate of drug-likeness (QED) is 0.136. The summed E-state index contributed by atoms with van der Waals surface area (Å²) in [6.07, 6.45) is 16.8. The van der Waals surface area contributed by atoms with Crippen LogP contribution in [0, 0.1) is 0 Å². The second-order valence-electron chi connectivity index (χ2n) is 9.99. The van der Waals surface area contributed by atoms with Gasteiger partial charge in [0.05, 0.1) is 25.8 Å². The largest absolute Gasteiger partial charge is 0.493 e. The number of carbonyl (C=O) groups is 1. The number of rotatable bonds is 17. The van der Waals surface area contributed by atoms with E-state index in [1.54, 1.807) is 12.0 Å². The van der Waals surface area contributed by atoms with Crippen molar-refractivity contribution in [1.82, 2.24) is 0 Å². The van der Waals surface area contributed by atoms with Crippen molar-refractivity contribution in [2.24, 2.45) is 7.05 Å².